The molecule has 2 rings (SSSR count). The molecule has 5 heteroatoms. The highest BCUT2D eigenvalue weighted by molar-refractivity contribution is 7.99. The fourth-order valence-corrected chi connectivity index (χ4v) is 2.96. The first kappa shape index (κ1) is 12.0. The number of hydrogen-bond acceptors (Lipinski definition) is 4. The molecule has 0 amide bonds. The van der Waals surface area contributed by atoms with Gasteiger partial charge in [-0.3, -0.25) is 0 Å². The molecular weight excluding hydrogens is 242 g/mol. The van der Waals surface area contributed by atoms with Gasteiger partial charge in [-0.1, -0.05) is 11.6 Å². The van der Waals surface area contributed by atoms with E-state index in [4.69, 9.17) is 11.6 Å². The first-order valence-electron chi connectivity index (χ1n) is 5.55. The van der Waals surface area contributed by atoms with Crippen molar-refractivity contribution < 1.29 is 0 Å². The second kappa shape index (κ2) is 5.73. The topological polar surface area (TPSA) is 37.8 Å². The second-order valence-corrected chi connectivity index (χ2v) is 5.60. The van der Waals surface area contributed by atoms with Crippen molar-refractivity contribution in [2.75, 3.05) is 11.6 Å². The van der Waals surface area contributed by atoms with Crippen LogP contribution in [0.1, 0.15) is 25.7 Å². The monoisotopic (exact) mass is 257 g/mol. The summed E-state index contributed by atoms with van der Waals surface area (Å²) >= 11 is 7.80. The number of thioether (sulfide) groups is 1. The maximum atomic E-state index is 5.81. The highest BCUT2D eigenvalue weighted by atomic mass is 35.5. The fourth-order valence-electron chi connectivity index (χ4n) is 2.06. The number of nitrogens with zero attached hydrogens (tertiary/aromatic N) is 2. The molecular formula is C11H16ClN3S. The average Bonchev–Trinajstić information content (AvgIpc) is 2.30. The number of aromatic nitrogens is 2. The number of nitrogens with one attached hydrogen (secondary N) is 1. The minimum absolute atomic E-state index is 0.496. The van der Waals surface area contributed by atoms with E-state index in [-0.39, 0.29) is 0 Å². The molecule has 1 aromatic rings. The molecule has 1 fully saturated rings. The molecule has 88 valence electrons. The molecule has 1 saturated carbocycles. The Kier molecular flexibility index (Phi) is 4.29. The van der Waals surface area contributed by atoms with Gasteiger partial charge in [0.25, 0.3) is 0 Å². The maximum absolute atomic E-state index is 5.81. The lowest BCUT2D eigenvalue weighted by Gasteiger charge is -2.28. The minimum Gasteiger partial charge on any atom is -0.367 e. The summed E-state index contributed by atoms with van der Waals surface area (Å²) in [4.78, 5) is 8.03. The van der Waals surface area contributed by atoms with Crippen molar-refractivity contribution in [1.29, 1.82) is 0 Å². The Morgan fingerprint density at radius 3 is 2.69 bits per heavy atom. The fraction of sp³-hybridized carbons (Fsp3) is 0.636. The van der Waals surface area contributed by atoms with Crippen molar-refractivity contribution in [3.8, 4) is 0 Å². The van der Waals surface area contributed by atoms with Crippen LogP contribution in [0.25, 0.3) is 0 Å². The van der Waals surface area contributed by atoms with Crippen LogP contribution in [0.15, 0.2) is 12.4 Å². The molecule has 3 nitrogen and oxygen atoms in total. The standard InChI is InChI=1S/C11H16ClN3S/c1-16-9-4-2-8(3-5-9)15-11-6-10(12)13-7-14-11/h6-9H,2-5H2,1H3,(H,13,14,15). The van der Waals surface area contributed by atoms with E-state index in [1.54, 1.807) is 6.07 Å². The molecule has 1 aliphatic rings. The molecule has 0 saturated heterocycles. The molecule has 1 N–H and O–H groups in total. The van der Waals surface area contributed by atoms with Gasteiger partial charge in [0.1, 0.15) is 17.3 Å². The van der Waals surface area contributed by atoms with Gasteiger partial charge in [-0.05, 0) is 31.9 Å². The largest absolute Gasteiger partial charge is 0.367 e. The van der Waals surface area contributed by atoms with Crippen LogP contribution in [-0.4, -0.2) is 27.5 Å². The van der Waals surface area contributed by atoms with E-state index in [0.717, 1.165) is 11.1 Å². The third-order valence-corrected chi connectivity index (χ3v) is 4.34. The van der Waals surface area contributed by atoms with Gasteiger partial charge < -0.3 is 5.32 Å². The van der Waals surface area contributed by atoms with Crippen LogP contribution in [0.5, 0.6) is 0 Å². The lowest BCUT2D eigenvalue weighted by atomic mass is 9.95. The quantitative estimate of drug-likeness (QED) is 0.844. The summed E-state index contributed by atoms with van der Waals surface area (Å²) < 4.78 is 0. The van der Waals surface area contributed by atoms with Gasteiger partial charge in [0.2, 0.25) is 0 Å². The van der Waals surface area contributed by atoms with Crippen molar-refractivity contribution in [2.45, 2.75) is 37.0 Å². The maximum Gasteiger partial charge on any atom is 0.134 e. The summed E-state index contributed by atoms with van der Waals surface area (Å²) in [7, 11) is 0. The highest BCUT2D eigenvalue weighted by Gasteiger charge is 2.20. The van der Waals surface area contributed by atoms with Crippen molar-refractivity contribution in [2.24, 2.45) is 0 Å². The molecule has 0 radical (unpaired) electrons. The van der Waals surface area contributed by atoms with Crippen molar-refractivity contribution in [1.82, 2.24) is 9.97 Å². The van der Waals surface area contributed by atoms with Gasteiger partial charge in [-0.2, -0.15) is 11.8 Å². The summed E-state index contributed by atoms with van der Waals surface area (Å²) in [5.74, 6) is 0.840. The van der Waals surface area contributed by atoms with Gasteiger partial charge in [-0.15, -0.1) is 0 Å². The Balaban J connectivity index is 1.87. The van der Waals surface area contributed by atoms with Crippen LogP contribution in [0, 0.1) is 0 Å². The molecule has 1 aromatic heterocycles. The van der Waals surface area contributed by atoms with Crippen LogP contribution in [-0.2, 0) is 0 Å². The summed E-state index contributed by atoms with van der Waals surface area (Å²) in [6.45, 7) is 0. The molecule has 0 aliphatic heterocycles. The average molecular weight is 258 g/mol. The Morgan fingerprint density at radius 1 is 1.31 bits per heavy atom. The summed E-state index contributed by atoms with van der Waals surface area (Å²) in [5.41, 5.74) is 0. The third kappa shape index (κ3) is 3.25. The smallest absolute Gasteiger partial charge is 0.134 e. The normalized spacial score (nSPS) is 25.4. The Labute approximate surface area is 105 Å². The van der Waals surface area contributed by atoms with Gasteiger partial charge in [-0.25, -0.2) is 9.97 Å². The van der Waals surface area contributed by atoms with Crippen molar-refractivity contribution in [3.63, 3.8) is 0 Å². The van der Waals surface area contributed by atoms with Crippen molar-refractivity contribution >= 4 is 29.2 Å². The number of halogens is 1. The van der Waals surface area contributed by atoms with E-state index in [1.165, 1.54) is 32.0 Å². The molecule has 1 aliphatic carbocycles. The van der Waals surface area contributed by atoms with Crippen LogP contribution >= 0.6 is 23.4 Å². The summed E-state index contributed by atoms with van der Waals surface area (Å²) in [6.07, 6.45) is 8.70. The van der Waals surface area contributed by atoms with E-state index < -0.39 is 0 Å². The third-order valence-electron chi connectivity index (χ3n) is 2.99. The van der Waals surface area contributed by atoms with E-state index >= 15 is 0 Å². The summed E-state index contributed by atoms with van der Waals surface area (Å²) in [6, 6.07) is 2.32. The molecule has 0 aromatic carbocycles. The van der Waals surface area contributed by atoms with Gasteiger partial charge >= 0.3 is 0 Å². The molecule has 0 atom stereocenters. The van der Waals surface area contributed by atoms with E-state index in [2.05, 4.69) is 21.5 Å². The zero-order chi connectivity index (χ0) is 11.4. The Bertz CT molecular complexity index is 340. The predicted octanol–water partition coefficient (Wildman–Crippen LogP) is 3.22. The van der Waals surface area contributed by atoms with Crippen LogP contribution in [0.2, 0.25) is 5.15 Å². The van der Waals surface area contributed by atoms with Crippen LogP contribution in [0.4, 0.5) is 5.82 Å². The predicted molar refractivity (Wildman–Crippen MR) is 70.2 cm³/mol. The van der Waals surface area contributed by atoms with Gasteiger partial charge in [0.15, 0.2) is 0 Å². The molecule has 0 unspecified atom stereocenters. The molecule has 1 heterocycles. The van der Waals surface area contributed by atoms with E-state index in [0.29, 0.717) is 11.2 Å². The van der Waals surface area contributed by atoms with Gasteiger partial charge in [0, 0.05) is 17.4 Å². The lowest BCUT2D eigenvalue weighted by molar-refractivity contribution is 0.472. The Morgan fingerprint density at radius 2 is 2.06 bits per heavy atom. The highest BCUT2D eigenvalue weighted by Crippen LogP contribution is 2.28. The second-order valence-electron chi connectivity index (χ2n) is 4.08. The molecule has 0 bridgehead atoms. The first-order chi connectivity index (χ1) is 7.78. The van der Waals surface area contributed by atoms with Crippen molar-refractivity contribution in [3.05, 3.63) is 17.5 Å². The van der Waals surface area contributed by atoms with Crippen LogP contribution in [0.3, 0.4) is 0 Å². The van der Waals surface area contributed by atoms with E-state index in [1.807, 2.05) is 11.8 Å². The molecule has 0 spiro atoms. The summed E-state index contributed by atoms with van der Waals surface area (Å²) in [5, 5.41) is 4.76. The lowest BCUT2D eigenvalue weighted by Crippen LogP contribution is -2.27. The zero-order valence-corrected chi connectivity index (χ0v) is 10.9. The number of hydrogen-bond donors (Lipinski definition) is 1. The molecule has 16 heavy (non-hydrogen) atoms. The van der Waals surface area contributed by atoms with Crippen LogP contribution < -0.4 is 5.32 Å². The first-order valence-corrected chi connectivity index (χ1v) is 7.21. The number of anilines is 1. The number of rotatable bonds is 3. The Hall–Kier alpha value is -0.480. The van der Waals surface area contributed by atoms with E-state index in [9.17, 15) is 0 Å². The SMILES string of the molecule is CSC1CCC(Nc2cc(Cl)ncn2)CC1. The zero-order valence-electron chi connectivity index (χ0n) is 9.32. The minimum atomic E-state index is 0.496. The van der Waals surface area contributed by atoms with Gasteiger partial charge in [0.05, 0.1) is 0 Å².